The third-order valence-electron chi connectivity index (χ3n) is 3.87. The van der Waals surface area contributed by atoms with E-state index in [4.69, 9.17) is 4.74 Å². The summed E-state index contributed by atoms with van der Waals surface area (Å²) in [7, 11) is -2.50. The van der Waals surface area contributed by atoms with E-state index in [-0.39, 0.29) is 41.1 Å². The lowest BCUT2D eigenvalue weighted by Gasteiger charge is -2.14. The molecule has 0 aromatic heterocycles. The molecule has 30 heavy (non-hydrogen) atoms. The lowest BCUT2D eigenvalue weighted by Crippen LogP contribution is -2.31. The van der Waals surface area contributed by atoms with Gasteiger partial charge in [-0.3, -0.25) is 9.59 Å². The van der Waals surface area contributed by atoms with Gasteiger partial charge >= 0.3 is 0 Å². The average molecular weight is 498 g/mol. The molecule has 0 fully saturated rings. The number of sulfonamides is 1. The standard InChI is InChI=1S/C20H24BrN3O5S/c1-13(2)24-30(27,28)18-12-14(4-9-17(18)29-3)20(26)22-11-10-19(25)23-16-7-5-15(21)6-8-16/h4-9,12-13,24H,10-11H2,1-3H3,(H,22,26)(H,23,25). The molecule has 0 spiro atoms. The first-order chi connectivity index (χ1) is 14.1. The van der Waals surface area contributed by atoms with Gasteiger partial charge in [-0.1, -0.05) is 15.9 Å². The van der Waals surface area contributed by atoms with E-state index < -0.39 is 15.9 Å². The van der Waals surface area contributed by atoms with E-state index in [9.17, 15) is 18.0 Å². The first kappa shape index (κ1) is 23.8. The Labute approximate surface area is 184 Å². The first-order valence-corrected chi connectivity index (χ1v) is 11.4. The molecule has 0 unspecified atom stereocenters. The van der Waals surface area contributed by atoms with Crippen molar-refractivity contribution in [3.05, 3.63) is 52.5 Å². The number of nitrogens with one attached hydrogen (secondary N) is 3. The van der Waals surface area contributed by atoms with E-state index in [0.717, 1.165) is 4.47 Å². The highest BCUT2D eigenvalue weighted by Gasteiger charge is 2.22. The molecule has 2 amide bonds. The molecular weight excluding hydrogens is 474 g/mol. The summed E-state index contributed by atoms with van der Waals surface area (Å²) >= 11 is 3.32. The molecule has 2 aromatic carbocycles. The predicted molar refractivity (Wildman–Crippen MR) is 118 cm³/mol. The van der Waals surface area contributed by atoms with Crippen molar-refractivity contribution in [1.29, 1.82) is 0 Å². The SMILES string of the molecule is COc1ccc(C(=O)NCCC(=O)Nc2ccc(Br)cc2)cc1S(=O)(=O)NC(C)C. The van der Waals surface area contributed by atoms with E-state index in [2.05, 4.69) is 31.3 Å². The van der Waals surface area contributed by atoms with Crippen LogP contribution in [0, 0.1) is 0 Å². The number of hydrogen-bond acceptors (Lipinski definition) is 5. The highest BCUT2D eigenvalue weighted by Crippen LogP contribution is 2.25. The zero-order valence-electron chi connectivity index (χ0n) is 16.9. The van der Waals surface area contributed by atoms with Crippen LogP contribution in [0.4, 0.5) is 5.69 Å². The summed E-state index contributed by atoms with van der Waals surface area (Å²) in [5.74, 6) is -0.611. The van der Waals surface area contributed by atoms with Crippen molar-refractivity contribution in [2.24, 2.45) is 0 Å². The number of methoxy groups -OCH3 is 1. The molecule has 0 saturated carbocycles. The van der Waals surface area contributed by atoms with Crippen molar-refractivity contribution in [2.75, 3.05) is 19.0 Å². The molecule has 8 nitrogen and oxygen atoms in total. The second-order valence-electron chi connectivity index (χ2n) is 6.70. The minimum Gasteiger partial charge on any atom is -0.495 e. The molecular formula is C20H24BrN3O5S. The highest BCUT2D eigenvalue weighted by molar-refractivity contribution is 9.10. The molecule has 0 aliphatic carbocycles. The van der Waals surface area contributed by atoms with E-state index in [1.807, 2.05) is 0 Å². The normalized spacial score (nSPS) is 11.2. The molecule has 10 heteroatoms. The van der Waals surface area contributed by atoms with Crippen molar-refractivity contribution in [3.63, 3.8) is 0 Å². The third-order valence-corrected chi connectivity index (χ3v) is 6.08. The lowest BCUT2D eigenvalue weighted by molar-refractivity contribution is -0.116. The van der Waals surface area contributed by atoms with Crippen LogP contribution >= 0.6 is 15.9 Å². The van der Waals surface area contributed by atoms with E-state index in [0.29, 0.717) is 5.69 Å². The van der Waals surface area contributed by atoms with Gasteiger partial charge in [0.1, 0.15) is 10.6 Å². The summed E-state index contributed by atoms with van der Waals surface area (Å²) in [6.45, 7) is 3.49. The fourth-order valence-electron chi connectivity index (χ4n) is 2.55. The number of anilines is 1. The zero-order chi connectivity index (χ0) is 22.3. The first-order valence-electron chi connectivity index (χ1n) is 9.16. The van der Waals surface area contributed by atoms with Gasteiger partial charge in [-0.05, 0) is 56.3 Å². The van der Waals surface area contributed by atoms with Gasteiger partial charge in [0.2, 0.25) is 15.9 Å². The molecule has 0 atom stereocenters. The molecule has 0 aliphatic rings. The van der Waals surface area contributed by atoms with Crippen LogP contribution in [0.2, 0.25) is 0 Å². The van der Waals surface area contributed by atoms with Crippen LogP contribution in [0.15, 0.2) is 51.8 Å². The maximum absolute atomic E-state index is 12.5. The number of hydrogen-bond donors (Lipinski definition) is 3. The van der Waals surface area contributed by atoms with Gasteiger partial charge in [0.05, 0.1) is 7.11 Å². The summed E-state index contributed by atoms with van der Waals surface area (Å²) < 4.78 is 33.5. The molecule has 2 aromatic rings. The second kappa shape index (κ2) is 10.6. The number of rotatable bonds is 9. The van der Waals surface area contributed by atoms with Crippen molar-refractivity contribution >= 4 is 43.5 Å². The Morgan fingerprint density at radius 3 is 2.37 bits per heavy atom. The number of benzene rings is 2. The predicted octanol–water partition coefficient (Wildman–Crippen LogP) is 2.90. The molecule has 0 heterocycles. The molecule has 2 rings (SSSR count). The largest absolute Gasteiger partial charge is 0.495 e. The molecule has 3 N–H and O–H groups in total. The Balaban J connectivity index is 2.00. The van der Waals surface area contributed by atoms with Gasteiger partial charge < -0.3 is 15.4 Å². The summed E-state index contributed by atoms with van der Waals surface area (Å²) in [4.78, 5) is 24.3. The van der Waals surface area contributed by atoms with E-state index in [1.54, 1.807) is 38.1 Å². The summed E-state index contributed by atoms with van der Waals surface area (Å²) in [5, 5.41) is 5.35. The Hall–Kier alpha value is -2.43. The van der Waals surface area contributed by atoms with Gasteiger partial charge in [0.25, 0.3) is 5.91 Å². The van der Waals surface area contributed by atoms with Crippen LogP contribution in [0.25, 0.3) is 0 Å². The number of carbonyl (C=O) groups is 2. The number of ether oxygens (including phenoxy) is 1. The minimum absolute atomic E-state index is 0.0675. The monoisotopic (exact) mass is 497 g/mol. The maximum atomic E-state index is 12.5. The van der Waals surface area contributed by atoms with Gasteiger partial charge in [-0.15, -0.1) is 0 Å². The molecule has 0 aliphatic heterocycles. The summed E-state index contributed by atoms with van der Waals surface area (Å²) in [5.41, 5.74) is 0.797. The summed E-state index contributed by atoms with van der Waals surface area (Å²) in [6, 6.07) is 10.9. The van der Waals surface area contributed by atoms with Crippen LogP contribution in [-0.2, 0) is 14.8 Å². The fourth-order valence-corrected chi connectivity index (χ4v) is 4.26. The van der Waals surface area contributed by atoms with Gasteiger partial charge in [-0.25, -0.2) is 13.1 Å². The van der Waals surface area contributed by atoms with Crippen LogP contribution in [-0.4, -0.2) is 39.9 Å². The van der Waals surface area contributed by atoms with Crippen molar-refractivity contribution in [1.82, 2.24) is 10.0 Å². The van der Waals surface area contributed by atoms with Crippen molar-refractivity contribution in [2.45, 2.75) is 31.2 Å². The molecule has 162 valence electrons. The van der Waals surface area contributed by atoms with Crippen LogP contribution in [0.5, 0.6) is 5.75 Å². The zero-order valence-corrected chi connectivity index (χ0v) is 19.3. The smallest absolute Gasteiger partial charge is 0.251 e. The number of amides is 2. The topological polar surface area (TPSA) is 114 Å². The van der Waals surface area contributed by atoms with E-state index in [1.165, 1.54) is 25.3 Å². The Bertz CT molecular complexity index is 1010. The van der Waals surface area contributed by atoms with Crippen LogP contribution in [0.1, 0.15) is 30.6 Å². The lowest BCUT2D eigenvalue weighted by atomic mass is 10.2. The average Bonchev–Trinajstić information content (AvgIpc) is 2.68. The fraction of sp³-hybridized carbons (Fsp3) is 0.300. The van der Waals surface area contributed by atoms with Crippen molar-refractivity contribution in [3.8, 4) is 5.75 Å². The van der Waals surface area contributed by atoms with Crippen molar-refractivity contribution < 1.29 is 22.7 Å². The Morgan fingerprint density at radius 1 is 1.10 bits per heavy atom. The molecule has 0 bridgehead atoms. The molecule has 0 radical (unpaired) electrons. The van der Waals surface area contributed by atoms with Gasteiger partial charge in [-0.2, -0.15) is 0 Å². The number of carbonyl (C=O) groups excluding carboxylic acids is 2. The quantitative estimate of drug-likeness (QED) is 0.492. The van der Waals surface area contributed by atoms with Gasteiger partial charge in [0, 0.05) is 34.7 Å². The Kier molecular flexibility index (Phi) is 8.39. The van der Waals surface area contributed by atoms with Gasteiger partial charge in [0.15, 0.2) is 0 Å². The Morgan fingerprint density at radius 2 is 1.77 bits per heavy atom. The maximum Gasteiger partial charge on any atom is 0.251 e. The number of halogens is 1. The van der Waals surface area contributed by atoms with E-state index >= 15 is 0 Å². The van der Waals surface area contributed by atoms with Crippen LogP contribution < -0.4 is 20.1 Å². The third kappa shape index (κ3) is 6.82. The minimum atomic E-state index is -3.85. The second-order valence-corrected chi connectivity index (χ2v) is 9.30. The highest BCUT2D eigenvalue weighted by atomic mass is 79.9. The molecule has 0 saturated heterocycles. The summed E-state index contributed by atoms with van der Waals surface area (Å²) in [6.07, 6.45) is 0.0675. The van der Waals surface area contributed by atoms with Crippen LogP contribution in [0.3, 0.4) is 0 Å².